The summed E-state index contributed by atoms with van der Waals surface area (Å²) < 4.78 is 0. The number of nitrogens with one attached hydrogen (secondary N) is 2. The maximum absolute atomic E-state index is 10.3. The molecule has 2 fully saturated rings. The Morgan fingerprint density at radius 1 is 0.714 bits per heavy atom. The standard InChI is InChI=1S/2C6H10NO2.Ni.2H2O/c2*7-6(5(8)9)3-1-2-4-6;;;/h2*7H,1-4H2,(H,8,9);;2*1H2/q2*-1;+2;;. The van der Waals surface area contributed by atoms with Gasteiger partial charge in [-0.25, -0.2) is 0 Å². The van der Waals surface area contributed by atoms with Gasteiger partial charge in [-0.2, -0.15) is 0 Å². The van der Waals surface area contributed by atoms with Gasteiger partial charge in [-0.15, -0.1) is 0 Å². The van der Waals surface area contributed by atoms with Crippen molar-refractivity contribution >= 4 is 11.9 Å². The van der Waals surface area contributed by atoms with Gasteiger partial charge in [0.2, 0.25) is 0 Å². The molecule has 0 amide bonds. The number of rotatable bonds is 2. The Hall–Kier alpha value is -0.726. The number of carboxylic acid groups (broad SMARTS) is 2. The van der Waals surface area contributed by atoms with Crippen LogP contribution in [0, 0.1) is 0 Å². The van der Waals surface area contributed by atoms with Crippen LogP contribution in [-0.4, -0.2) is 44.2 Å². The third-order valence-electron chi connectivity index (χ3n) is 3.73. The van der Waals surface area contributed by atoms with Gasteiger partial charge in [-0.05, 0) is 11.1 Å². The van der Waals surface area contributed by atoms with Crippen molar-refractivity contribution in [3.05, 3.63) is 11.5 Å². The van der Waals surface area contributed by atoms with Gasteiger partial charge in [0, 0.05) is 0 Å². The van der Waals surface area contributed by atoms with Gasteiger partial charge in [0.05, 0.1) is 0 Å². The van der Waals surface area contributed by atoms with E-state index in [0.717, 1.165) is 25.7 Å². The molecule has 128 valence electrons. The molecule has 21 heavy (non-hydrogen) atoms. The molecule has 8 nitrogen and oxygen atoms in total. The molecule has 2 rings (SSSR count). The van der Waals surface area contributed by atoms with E-state index in [2.05, 4.69) is 0 Å². The fourth-order valence-corrected chi connectivity index (χ4v) is 2.38. The van der Waals surface area contributed by atoms with E-state index in [0.29, 0.717) is 25.7 Å². The number of aliphatic carboxylic acids is 2. The van der Waals surface area contributed by atoms with E-state index in [-0.39, 0.29) is 27.4 Å². The Balaban J connectivity index is -0.000000270. The van der Waals surface area contributed by atoms with Crippen molar-refractivity contribution in [3.8, 4) is 0 Å². The summed E-state index contributed by atoms with van der Waals surface area (Å²) in [5.74, 6) is -1.92. The third-order valence-corrected chi connectivity index (χ3v) is 3.73. The van der Waals surface area contributed by atoms with Crippen molar-refractivity contribution in [2.75, 3.05) is 0 Å². The number of carbonyl (C=O) groups is 2. The summed E-state index contributed by atoms with van der Waals surface area (Å²) in [5.41, 5.74) is 12.4. The van der Waals surface area contributed by atoms with E-state index < -0.39 is 23.0 Å². The minimum absolute atomic E-state index is 0. The summed E-state index contributed by atoms with van der Waals surface area (Å²) in [6, 6.07) is 0. The summed E-state index contributed by atoms with van der Waals surface area (Å²) >= 11 is 0. The number of hydrogen-bond donors (Lipinski definition) is 2. The molecule has 0 atom stereocenters. The second-order valence-electron chi connectivity index (χ2n) is 5.19. The molecule has 0 unspecified atom stereocenters. The summed E-state index contributed by atoms with van der Waals surface area (Å²) in [5, 5.41) is 17.0. The molecule has 0 bridgehead atoms. The fraction of sp³-hybridized carbons (Fsp3) is 0.833. The van der Waals surface area contributed by atoms with Crippen molar-refractivity contribution in [2.24, 2.45) is 0 Å². The average molecular weight is 351 g/mol. The first kappa shape index (κ1) is 25.2. The molecule has 2 aliphatic rings. The maximum atomic E-state index is 10.3. The van der Waals surface area contributed by atoms with E-state index in [4.69, 9.17) is 21.7 Å². The molecule has 2 saturated carbocycles. The molecular weight excluding hydrogens is 327 g/mol. The van der Waals surface area contributed by atoms with Crippen LogP contribution in [0.4, 0.5) is 0 Å². The van der Waals surface area contributed by atoms with E-state index in [1.807, 2.05) is 0 Å². The fourth-order valence-electron chi connectivity index (χ4n) is 2.38. The molecule has 0 aliphatic heterocycles. The first-order chi connectivity index (χ1) is 8.30. The zero-order valence-electron chi connectivity index (χ0n) is 11.7. The quantitative estimate of drug-likeness (QED) is 0.709. The van der Waals surface area contributed by atoms with Gasteiger partial charge in [0.1, 0.15) is 0 Å². The van der Waals surface area contributed by atoms with Crippen LogP contribution in [0.5, 0.6) is 0 Å². The average Bonchev–Trinajstić information content (AvgIpc) is 2.90. The smallest absolute Gasteiger partial charge is 0.663 e. The molecule has 9 heteroatoms. The van der Waals surface area contributed by atoms with Crippen LogP contribution in [0.15, 0.2) is 0 Å². The summed E-state index contributed by atoms with van der Waals surface area (Å²) in [6.07, 6.45) is 5.71. The van der Waals surface area contributed by atoms with E-state index in [1.54, 1.807) is 0 Å². The van der Waals surface area contributed by atoms with Crippen molar-refractivity contribution in [3.63, 3.8) is 0 Å². The monoisotopic (exact) mass is 350 g/mol. The molecule has 0 heterocycles. The van der Waals surface area contributed by atoms with Crippen molar-refractivity contribution < 1.29 is 47.2 Å². The Morgan fingerprint density at radius 3 is 1.00 bits per heavy atom. The Bertz CT molecular complexity index is 296. The van der Waals surface area contributed by atoms with Gasteiger partial charge in [-0.1, -0.05) is 51.4 Å². The van der Waals surface area contributed by atoms with Crippen molar-refractivity contribution in [1.29, 1.82) is 0 Å². The zero-order valence-corrected chi connectivity index (χ0v) is 12.7. The van der Waals surface area contributed by atoms with E-state index >= 15 is 0 Å². The molecule has 0 aromatic rings. The van der Waals surface area contributed by atoms with Crippen LogP contribution in [0.25, 0.3) is 11.5 Å². The van der Waals surface area contributed by atoms with Crippen LogP contribution >= 0.6 is 0 Å². The SMILES string of the molecule is O.O.[NH-]C1(C(=O)O)CCCC1.[NH-]C1(C(=O)O)CCCC1.[Ni+2]. The molecule has 2 aliphatic carbocycles. The van der Waals surface area contributed by atoms with Gasteiger partial charge in [0.25, 0.3) is 11.9 Å². The Kier molecular flexibility index (Phi) is 12.1. The minimum Gasteiger partial charge on any atom is -0.663 e. The number of carboxylic acids is 2. The largest absolute Gasteiger partial charge is 2.00 e. The molecule has 0 aromatic heterocycles. The van der Waals surface area contributed by atoms with Gasteiger partial charge in [0.15, 0.2) is 0 Å². The van der Waals surface area contributed by atoms with Crippen molar-refractivity contribution in [1.82, 2.24) is 0 Å². The molecule has 0 saturated heterocycles. The molecule has 0 aromatic carbocycles. The second-order valence-corrected chi connectivity index (χ2v) is 5.19. The predicted molar refractivity (Wildman–Crippen MR) is 73.5 cm³/mol. The van der Waals surface area contributed by atoms with Crippen LogP contribution in [0.2, 0.25) is 0 Å². The van der Waals surface area contributed by atoms with Crippen LogP contribution in [0.3, 0.4) is 0 Å². The normalized spacial score (nSPS) is 20.7. The summed E-state index contributed by atoms with van der Waals surface area (Å²) in [6.45, 7) is 0. The van der Waals surface area contributed by atoms with Gasteiger partial charge >= 0.3 is 16.5 Å². The Labute approximate surface area is 133 Å². The maximum Gasteiger partial charge on any atom is 2.00 e. The second kappa shape index (κ2) is 10.1. The Morgan fingerprint density at radius 2 is 0.905 bits per heavy atom. The van der Waals surface area contributed by atoms with Crippen molar-refractivity contribution in [2.45, 2.75) is 62.4 Å². The molecular formula is C12H24N2NiO6. The predicted octanol–water partition coefficient (Wildman–Crippen LogP) is 1.22. The summed E-state index contributed by atoms with van der Waals surface area (Å²) in [4.78, 5) is 20.7. The first-order valence-corrected chi connectivity index (χ1v) is 6.27. The topological polar surface area (TPSA) is 185 Å². The van der Waals surface area contributed by atoms with E-state index in [1.165, 1.54) is 0 Å². The van der Waals surface area contributed by atoms with E-state index in [9.17, 15) is 9.59 Å². The zero-order chi connectivity index (χ0) is 13.8. The molecule has 8 N–H and O–H groups in total. The first-order valence-electron chi connectivity index (χ1n) is 6.27. The summed E-state index contributed by atoms with van der Waals surface area (Å²) in [7, 11) is 0. The van der Waals surface area contributed by atoms with Gasteiger partial charge < -0.3 is 32.6 Å². The minimum atomic E-state index is -1.14. The molecule has 0 radical (unpaired) electrons. The van der Waals surface area contributed by atoms with Gasteiger partial charge in [-0.3, -0.25) is 9.59 Å². The van der Waals surface area contributed by atoms with Crippen LogP contribution in [0.1, 0.15) is 51.4 Å². The molecule has 0 spiro atoms. The number of hydrogen-bond acceptors (Lipinski definition) is 2. The third kappa shape index (κ3) is 6.71. The van der Waals surface area contributed by atoms with Crippen LogP contribution in [-0.2, 0) is 26.1 Å². The van der Waals surface area contributed by atoms with Crippen LogP contribution < -0.4 is 0 Å².